The molecular formula is C20H21N5O3. The van der Waals surface area contributed by atoms with Gasteiger partial charge in [0.1, 0.15) is 12.4 Å². The smallest absolute Gasteiger partial charge is 0.261 e. The van der Waals surface area contributed by atoms with Crippen molar-refractivity contribution in [2.45, 2.75) is 13.1 Å². The summed E-state index contributed by atoms with van der Waals surface area (Å²) in [5.74, 6) is 0.633. The summed E-state index contributed by atoms with van der Waals surface area (Å²) in [6.07, 6.45) is 3.15. The molecule has 0 unspecified atom stereocenters. The maximum atomic E-state index is 12.5. The highest BCUT2D eigenvalue weighted by Gasteiger charge is 2.13. The predicted molar refractivity (Wildman–Crippen MR) is 105 cm³/mol. The molecule has 1 aliphatic heterocycles. The summed E-state index contributed by atoms with van der Waals surface area (Å²) >= 11 is 0. The summed E-state index contributed by atoms with van der Waals surface area (Å²) in [6, 6.07) is 10.9. The molecule has 0 spiro atoms. The summed E-state index contributed by atoms with van der Waals surface area (Å²) in [5.41, 5.74) is 1.35. The molecule has 2 aromatic heterocycles. The molecule has 1 amide bonds. The van der Waals surface area contributed by atoms with E-state index in [0.29, 0.717) is 30.7 Å². The Morgan fingerprint density at radius 2 is 1.96 bits per heavy atom. The first kappa shape index (κ1) is 18.1. The van der Waals surface area contributed by atoms with Crippen molar-refractivity contribution in [1.82, 2.24) is 19.9 Å². The molecule has 0 aliphatic carbocycles. The number of amides is 1. The van der Waals surface area contributed by atoms with E-state index in [1.807, 2.05) is 18.2 Å². The molecule has 1 fully saturated rings. The van der Waals surface area contributed by atoms with Crippen LogP contribution in [0.4, 0.5) is 5.82 Å². The summed E-state index contributed by atoms with van der Waals surface area (Å²) in [6.45, 7) is 3.29. The Morgan fingerprint density at radius 3 is 2.82 bits per heavy atom. The fourth-order valence-electron chi connectivity index (χ4n) is 3.17. The molecule has 8 nitrogen and oxygen atoms in total. The van der Waals surface area contributed by atoms with Gasteiger partial charge in [-0.25, -0.2) is 9.97 Å². The molecule has 1 saturated heterocycles. The molecule has 0 atom stereocenters. The number of benzene rings is 1. The highest BCUT2D eigenvalue weighted by atomic mass is 16.5. The standard InChI is InChI=1S/C20H21N5O3/c26-19(13-25-14-23-17-4-2-1-3-16(17)20(25)27)22-12-15-5-6-21-18(11-15)24-7-9-28-10-8-24/h1-6,11,14H,7-10,12-13H2,(H,22,26). The summed E-state index contributed by atoms with van der Waals surface area (Å²) in [5, 5.41) is 3.36. The second kappa shape index (κ2) is 8.18. The van der Waals surface area contributed by atoms with Crippen LogP contribution in [-0.2, 0) is 22.6 Å². The zero-order valence-electron chi connectivity index (χ0n) is 15.4. The van der Waals surface area contributed by atoms with Crippen molar-refractivity contribution in [3.8, 4) is 0 Å². The Balaban J connectivity index is 1.40. The molecule has 28 heavy (non-hydrogen) atoms. The van der Waals surface area contributed by atoms with E-state index in [2.05, 4.69) is 20.2 Å². The Labute approximate surface area is 161 Å². The second-order valence-corrected chi connectivity index (χ2v) is 6.59. The third-order valence-electron chi connectivity index (χ3n) is 4.68. The van der Waals surface area contributed by atoms with Crippen LogP contribution < -0.4 is 15.8 Å². The van der Waals surface area contributed by atoms with E-state index in [0.717, 1.165) is 24.5 Å². The third-order valence-corrected chi connectivity index (χ3v) is 4.68. The van der Waals surface area contributed by atoms with Crippen molar-refractivity contribution in [2.75, 3.05) is 31.2 Å². The van der Waals surface area contributed by atoms with Crippen LogP contribution in [0.25, 0.3) is 10.9 Å². The first-order valence-electron chi connectivity index (χ1n) is 9.19. The number of hydrogen-bond acceptors (Lipinski definition) is 6. The van der Waals surface area contributed by atoms with Crippen LogP contribution in [0.5, 0.6) is 0 Å². The lowest BCUT2D eigenvalue weighted by Crippen LogP contribution is -2.36. The topological polar surface area (TPSA) is 89.3 Å². The van der Waals surface area contributed by atoms with Gasteiger partial charge in [-0.05, 0) is 29.8 Å². The van der Waals surface area contributed by atoms with E-state index >= 15 is 0 Å². The van der Waals surface area contributed by atoms with Gasteiger partial charge in [0.05, 0.1) is 30.4 Å². The van der Waals surface area contributed by atoms with Crippen molar-refractivity contribution in [3.63, 3.8) is 0 Å². The maximum absolute atomic E-state index is 12.5. The predicted octanol–water partition coefficient (Wildman–Crippen LogP) is 0.944. The number of fused-ring (bicyclic) bond motifs is 1. The lowest BCUT2D eigenvalue weighted by molar-refractivity contribution is -0.121. The van der Waals surface area contributed by atoms with Crippen molar-refractivity contribution in [1.29, 1.82) is 0 Å². The maximum Gasteiger partial charge on any atom is 0.261 e. The molecule has 1 N–H and O–H groups in total. The van der Waals surface area contributed by atoms with Crippen molar-refractivity contribution in [2.24, 2.45) is 0 Å². The zero-order valence-corrected chi connectivity index (χ0v) is 15.4. The molecule has 0 bridgehead atoms. The second-order valence-electron chi connectivity index (χ2n) is 6.59. The van der Waals surface area contributed by atoms with Gasteiger partial charge in [-0.15, -0.1) is 0 Å². The van der Waals surface area contributed by atoms with Crippen molar-refractivity contribution >= 4 is 22.6 Å². The van der Waals surface area contributed by atoms with E-state index in [-0.39, 0.29) is 18.0 Å². The number of para-hydroxylation sites is 1. The molecule has 1 aliphatic rings. The van der Waals surface area contributed by atoms with Crippen LogP contribution in [-0.4, -0.2) is 46.7 Å². The summed E-state index contributed by atoms with van der Waals surface area (Å²) in [4.78, 5) is 35.6. The number of ether oxygens (including phenoxy) is 1. The molecule has 3 heterocycles. The number of carbonyl (C=O) groups excluding carboxylic acids is 1. The molecule has 1 aromatic carbocycles. The van der Waals surface area contributed by atoms with E-state index in [9.17, 15) is 9.59 Å². The van der Waals surface area contributed by atoms with Crippen LogP contribution in [0.3, 0.4) is 0 Å². The molecule has 0 radical (unpaired) electrons. The average Bonchev–Trinajstić information content (AvgIpc) is 2.75. The number of pyridine rings is 1. The highest BCUT2D eigenvalue weighted by molar-refractivity contribution is 5.78. The first-order valence-corrected chi connectivity index (χ1v) is 9.19. The van der Waals surface area contributed by atoms with Gasteiger partial charge in [0.25, 0.3) is 5.56 Å². The van der Waals surface area contributed by atoms with Gasteiger partial charge in [0.15, 0.2) is 0 Å². The number of carbonyl (C=O) groups is 1. The Bertz CT molecular complexity index is 1040. The number of morpholine rings is 1. The Morgan fingerprint density at radius 1 is 1.14 bits per heavy atom. The average molecular weight is 379 g/mol. The molecule has 8 heteroatoms. The number of hydrogen-bond donors (Lipinski definition) is 1. The molecule has 0 saturated carbocycles. The summed E-state index contributed by atoms with van der Waals surface area (Å²) < 4.78 is 6.69. The molecular weight excluding hydrogens is 358 g/mol. The molecule has 3 aromatic rings. The molecule has 4 rings (SSSR count). The molecule has 144 valence electrons. The lowest BCUT2D eigenvalue weighted by atomic mass is 10.2. The minimum absolute atomic E-state index is 0.0714. The van der Waals surface area contributed by atoms with Crippen LogP contribution in [0, 0.1) is 0 Å². The quantitative estimate of drug-likeness (QED) is 0.710. The van der Waals surface area contributed by atoms with E-state index in [1.54, 1.807) is 24.4 Å². The minimum Gasteiger partial charge on any atom is -0.378 e. The van der Waals surface area contributed by atoms with E-state index in [1.165, 1.54) is 10.9 Å². The van der Waals surface area contributed by atoms with Crippen molar-refractivity contribution < 1.29 is 9.53 Å². The summed E-state index contributed by atoms with van der Waals surface area (Å²) in [7, 11) is 0. The van der Waals surface area contributed by atoms with Crippen LogP contribution in [0.1, 0.15) is 5.56 Å². The third kappa shape index (κ3) is 4.01. The van der Waals surface area contributed by atoms with Gasteiger partial charge in [-0.2, -0.15) is 0 Å². The van der Waals surface area contributed by atoms with Crippen LogP contribution in [0.15, 0.2) is 53.7 Å². The van der Waals surface area contributed by atoms with Gasteiger partial charge in [0.2, 0.25) is 5.91 Å². The van der Waals surface area contributed by atoms with Crippen LogP contribution >= 0.6 is 0 Å². The number of aromatic nitrogens is 3. The van der Waals surface area contributed by atoms with Gasteiger partial charge < -0.3 is 15.0 Å². The SMILES string of the molecule is O=C(Cn1cnc2ccccc2c1=O)NCc1ccnc(N2CCOCC2)c1. The van der Waals surface area contributed by atoms with Gasteiger partial charge in [-0.3, -0.25) is 14.2 Å². The lowest BCUT2D eigenvalue weighted by Gasteiger charge is -2.28. The Hall–Kier alpha value is -3.26. The minimum atomic E-state index is -0.246. The van der Waals surface area contributed by atoms with Gasteiger partial charge >= 0.3 is 0 Å². The monoisotopic (exact) mass is 379 g/mol. The van der Waals surface area contributed by atoms with Gasteiger partial charge in [0, 0.05) is 25.8 Å². The van der Waals surface area contributed by atoms with Crippen molar-refractivity contribution in [3.05, 3.63) is 64.8 Å². The van der Waals surface area contributed by atoms with E-state index < -0.39 is 0 Å². The Kier molecular flexibility index (Phi) is 5.29. The largest absolute Gasteiger partial charge is 0.378 e. The van der Waals surface area contributed by atoms with Gasteiger partial charge in [-0.1, -0.05) is 12.1 Å². The number of anilines is 1. The highest BCUT2D eigenvalue weighted by Crippen LogP contribution is 2.14. The zero-order chi connectivity index (χ0) is 19.3. The van der Waals surface area contributed by atoms with Crippen LogP contribution in [0.2, 0.25) is 0 Å². The first-order chi connectivity index (χ1) is 13.7. The van der Waals surface area contributed by atoms with E-state index in [4.69, 9.17) is 4.74 Å². The number of nitrogens with zero attached hydrogens (tertiary/aromatic N) is 4. The fraction of sp³-hybridized carbons (Fsp3) is 0.300. The fourth-order valence-corrected chi connectivity index (χ4v) is 3.17. The number of nitrogens with one attached hydrogen (secondary N) is 1. The normalized spacial score (nSPS) is 14.2. The number of rotatable bonds is 5.